The molecule has 0 aliphatic rings. The van der Waals surface area contributed by atoms with E-state index in [-0.39, 0.29) is 5.97 Å². The molecule has 0 saturated heterocycles. The number of ether oxygens (including phenoxy) is 1. The van der Waals surface area contributed by atoms with Crippen molar-refractivity contribution in [3.63, 3.8) is 0 Å². The Morgan fingerprint density at radius 1 is 1.15 bits per heavy atom. The van der Waals surface area contributed by atoms with Gasteiger partial charge in [0.1, 0.15) is 6.10 Å². The zero-order valence-corrected chi connectivity index (χ0v) is 20.5. The normalized spacial score (nSPS) is 11.4. The predicted octanol–water partition coefficient (Wildman–Crippen LogP) is 7.05. The second kappa shape index (κ2) is 17.2. The summed E-state index contributed by atoms with van der Waals surface area (Å²) in [4.78, 5) is 24.8. The Balaban J connectivity index is 0.00000125. The molecule has 184 valence electrons. The van der Waals surface area contributed by atoms with Gasteiger partial charge in [-0.15, -0.1) is 10.1 Å². The van der Waals surface area contributed by atoms with Gasteiger partial charge in [0.25, 0.3) is 5.09 Å². The Morgan fingerprint density at radius 3 is 2.30 bits per heavy atom. The number of esters is 1. The fourth-order valence-corrected chi connectivity index (χ4v) is 3.88. The second-order valence-electron chi connectivity index (χ2n) is 7.72. The Kier molecular flexibility index (Phi) is 15.0. The molecule has 0 spiro atoms. The molecule has 10 heteroatoms. The standard InChI is InChI=1S/C23H32Cl2N2O2.HNO3/c1-2-3-4-5-6-7-8-9-10-11-23(28)29-22(17-27-15-14-26-18-27)20-13-12-19(24)16-21(20)25;2-1(3)4/h12-16,18,22H,2-11,17H2,1H3;(H,2,3,4). The lowest BCUT2D eigenvalue weighted by Gasteiger charge is -2.20. The second-order valence-corrected chi connectivity index (χ2v) is 8.56. The molecule has 1 aromatic heterocycles. The summed E-state index contributed by atoms with van der Waals surface area (Å²) in [6.07, 6.45) is 16.1. The van der Waals surface area contributed by atoms with Crippen LogP contribution >= 0.6 is 23.2 Å². The van der Waals surface area contributed by atoms with Crippen LogP contribution in [0.15, 0.2) is 36.9 Å². The van der Waals surface area contributed by atoms with Gasteiger partial charge in [0.05, 0.1) is 12.9 Å². The summed E-state index contributed by atoms with van der Waals surface area (Å²) < 4.78 is 7.66. The summed E-state index contributed by atoms with van der Waals surface area (Å²) in [5.74, 6) is -0.191. The molecule has 0 bridgehead atoms. The van der Waals surface area contributed by atoms with Crippen molar-refractivity contribution < 1.29 is 19.8 Å². The van der Waals surface area contributed by atoms with Crippen LogP contribution in [0, 0.1) is 10.1 Å². The van der Waals surface area contributed by atoms with Crippen LogP contribution < -0.4 is 0 Å². The minimum atomic E-state index is -1.50. The van der Waals surface area contributed by atoms with Crippen molar-refractivity contribution in [2.24, 2.45) is 0 Å². The fraction of sp³-hybridized carbons (Fsp3) is 0.565. The number of unbranched alkanes of at least 4 members (excludes halogenated alkanes) is 8. The van der Waals surface area contributed by atoms with Crippen molar-refractivity contribution in [3.8, 4) is 0 Å². The van der Waals surface area contributed by atoms with E-state index >= 15 is 0 Å². The van der Waals surface area contributed by atoms with Gasteiger partial charge in [-0.2, -0.15) is 0 Å². The van der Waals surface area contributed by atoms with Gasteiger partial charge in [0.15, 0.2) is 0 Å². The number of aromatic nitrogens is 2. The van der Waals surface area contributed by atoms with Gasteiger partial charge in [-0.25, -0.2) is 4.98 Å². The molecule has 1 heterocycles. The van der Waals surface area contributed by atoms with Crippen LogP contribution in [0.3, 0.4) is 0 Å². The van der Waals surface area contributed by atoms with E-state index in [0.717, 1.165) is 18.4 Å². The minimum Gasteiger partial charge on any atom is -0.455 e. The Morgan fingerprint density at radius 2 is 1.76 bits per heavy atom. The summed E-state index contributed by atoms with van der Waals surface area (Å²) in [5, 5.41) is 14.7. The van der Waals surface area contributed by atoms with Crippen LogP contribution in [0.2, 0.25) is 10.0 Å². The van der Waals surface area contributed by atoms with Crippen molar-refractivity contribution in [3.05, 3.63) is 62.6 Å². The molecule has 2 aromatic rings. The van der Waals surface area contributed by atoms with Gasteiger partial charge in [-0.1, -0.05) is 87.6 Å². The summed E-state index contributed by atoms with van der Waals surface area (Å²) >= 11 is 12.4. The van der Waals surface area contributed by atoms with Crippen LogP contribution in [0.4, 0.5) is 0 Å². The number of carbonyl (C=O) groups excluding carboxylic acids is 1. The first-order chi connectivity index (χ1) is 15.8. The minimum absolute atomic E-state index is 0.191. The fourth-order valence-electron chi connectivity index (χ4n) is 3.35. The van der Waals surface area contributed by atoms with Crippen LogP contribution in [0.1, 0.15) is 82.8 Å². The highest BCUT2D eigenvalue weighted by molar-refractivity contribution is 6.35. The van der Waals surface area contributed by atoms with E-state index in [1.165, 1.54) is 44.9 Å². The smallest absolute Gasteiger partial charge is 0.306 e. The SMILES string of the molecule is CCCCCCCCCCCC(=O)OC(Cn1ccnc1)c1ccc(Cl)cc1Cl.O=[N+]([O-])O. The highest BCUT2D eigenvalue weighted by Crippen LogP contribution is 2.30. The number of imidazole rings is 1. The van der Waals surface area contributed by atoms with E-state index in [1.54, 1.807) is 24.7 Å². The zero-order chi connectivity index (χ0) is 24.5. The molecule has 33 heavy (non-hydrogen) atoms. The monoisotopic (exact) mass is 501 g/mol. The van der Waals surface area contributed by atoms with E-state index in [0.29, 0.717) is 23.0 Å². The van der Waals surface area contributed by atoms with E-state index in [2.05, 4.69) is 11.9 Å². The van der Waals surface area contributed by atoms with Gasteiger partial charge in [-0.3, -0.25) is 4.79 Å². The maximum Gasteiger partial charge on any atom is 0.306 e. The zero-order valence-electron chi connectivity index (χ0n) is 19.0. The molecule has 1 aromatic carbocycles. The number of hydrogen-bond donors (Lipinski definition) is 1. The van der Waals surface area contributed by atoms with Crippen molar-refractivity contribution >= 4 is 29.2 Å². The van der Waals surface area contributed by atoms with Crippen LogP contribution in [0.5, 0.6) is 0 Å². The average molecular weight is 502 g/mol. The lowest BCUT2D eigenvalue weighted by atomic mass is 10.1. The lowest BCUT2D eigenvalue weighted by Crippen LogP contribution is -2.17. The number of nitrogens with zero attached hydrogens (tertiary/aromatic N) is 3. The maximum absolute atomic E-state index is 12.4. The number of halogens is 2. The molecule has 2 rings (SSSR count). The third-order valence-electron chi connectivity index (χ3n) is 5.00. The predicted molar refractivity (Wildman–Crippen MR) is 128 cm³/mol. The first kappa shape index (κ1) is 28.7. The van der Waals surface area contributed by atoms with Gasteiger partial charge in [0, 0.05) is 34.4 Å². The van der Waals surface area contributed by atoms with E-state index in [4.69, 9.17) is 43.3 Å². The Labute approximate surface area is 205 Å². The van der Waals surface area contributed by atoms with Crippen LogP contribution in [-0.2, 0) is 16.1 Å². The summed E-state index contributed by atoms with van der Waals surface area (Å²) in [5.41, 5.74) is 0.755. The van der Waals surface area contributed by atoms with E-state index < -0.39 is 11.2 Å². The third kappa shape index (κ3) is 13.7. The molecular formula is C23H33Cl2N3O5. The molecule has 1 atom stereocenters. The molecular weight excluding hydrogens is 469 g/mol. The summed E-state index contributed by atoms with van der Waals surface area (Å²) in [6, 6.07) is 5.25. The first-order valence-corrected chi connectivity index (χ1v) is 12.0. The molecule has 8 nitrogen and oxygen atoms in total. The molecule has 0 amide bonds. The summed E-state index contributed by atoms with van der Waals surface area (Å²) in [6.45, 7) is 2.70. The van der Waals surface area contributed by atoms with E-state index in [1.807, 2.05) is 16.8 Å². The number of rotatable bonds is 14. The molecule has 0 aliphatic heterocycles. The third-order valence-corrected chi connectivity index (χ3v) is 5.57. The van der Waals surface area contributed by atoms with Gasteiger partial charge in [-0.05, 0) is 18.6 Å². The average Bonchev–Trinajstić information content (AvgIpc) is 3.25. The van der Waals surface area contributed by atoms with Gasteiger partial charge in [0.2, 0.25) is 0 Å². The largest absolute Gasteiger partial charge is 0.455 e. The summed E-state index contributed by atoms with van der Waals surface area (Å²) in [7, 11) is 0. The van der Waals surface area contributed by atoms with Gasteiger partial charge < -0.3 is 14.5 Å². The molecule has 0 saturated carbocycles. The maximum atomic E-state index is 12.4. The van der Waals surface area contributed by atoms with Crippen molar-refractivity contribution in [2.75, 3.05) is 0 Å². The topological polar surface area (TPSA) is 107 Å². The molecule has 0 radical (unpaired) electrons. The molecule has 0 fully saturated rings. The molecule has 1 unspecified atom stereocenters. The number of hydrogen-bond acceptors (Lipinski definition) is 5. The number of benzene rings is 1. The highest BCUT2D eigenvalue weighted by Gasteiger charge is 2.20. The Bertz CT molecular complexity index is 814. The van der Waals surface area contributed by atoms with Gasteiger partial charge >= 0.3 is 5.97 Å². The molecule has 1 N–H and O–H groups in total. The Hall–Kier alpha value is -2.32. The van der Waals surface area contributed by atoms with Crippen molar-refractivity contribution in [1.82, 2.24) is 9.55 Å². The highest BCUT2D eigenvalue weighted by atomic mass is 35.5. The van der Waals surface area contributed by atoms with Crippen molar-refractivity contribution in [1.29, 1.82) is 0 Å². The lowest BCUT2D eigenvalue weighted by molar-refractivity contribution is -0.742. The van der Waals surface area contributed by atoms with Crippen molar-refractivity contribution in [2.45, 2.75) is 83.8 Å². The quantitative estimate of drug-likeness (QED) is 0.128. The first-order valence-electron chi connectivity index (χ1n) is 11.3. The molecule has 0 aliphatic carbocycles. The number of carbonyl (C=O) groups is 1. The van der Waals surface area contributed by atoms with Crippen LogP contribution in [-0.4, -0.2) is 25.8 Å². The van der Waals surface area contributed by atoms with E-state index in [9.17, 15) is 4.79 Å². The van der Waals surface area contributed by atoms with Crippen LogP contribution in [0.25, 0.3) is 0 Å².